The van der Waals surface area contributed by atoms with Crippen LogP contribution in [0.1, 0.15) is 50.6 Å². The van der Waals surface area contributed by atoms with Crippen molar-refractivity contribution in [3.8, 4) is 0 Å². The minimum Gasteiger partial charge on any atom is -0.458 e. The van der Waals surface area contributed by atoms with Gasteiger partial charge in [0.05, 0.1) is 6.54 Å². The summed E-state index contributed by atoms with van der Waals surface area (Å²) in [6.07, 6.45) is -1.87. The molecule has 1 heterocycles. The number of fused-ring (bicyclic) bond motifs is 1. The highest BCUT2D eigenvalue weighted by molar-refractivity contribution is 5.66. The fourth-order valence-electron chi connectivity index (χ4n) is 2.81. The molecule has 118 valence electrons. The van der Waals surface area contributed by atoms with E-state index in [4.69, 9.17) is 4.74 Å². The lowest BCUT2D eigenvalue weighted by atomic mass is 9.95. The van der Waals surface area contributed by atoms with E-state index in [9.17, 15) is 18.0 Å². The van der Waals surface area contributed by atoms with Gasteiger partial charge in [0.1, 0.15) is 5.60 Å². The molecule has 0 atom stereocenters. The van der Waals surface area contributed by atoms with Gasteiger partial charge in [-0.05, 0) is 39.5 Å². The molecule has 0 unspecified atom stereocenters. The number of nitrogens with zero attached hydrogens (tertiary/aromatic N) is 2. The van der Waals surface area contributed by atoms with Crippen molar-refractivity contribution in [1.29, 1.82) is 0 Å². The Labute approximate surface area is 121 Å². The van der Waals surface area contributed by atoms with Crippen LogP contribution in [0.4, 0.5) is 13.2 Å². The van der Waals surface area contributed by atoms with Gasteiger partial charge >= 0.3 is 12.1 Å². The first kappa shape index (κ1) is 15.9. The fraction of sp³-hybridized carbons (Fsp3) is 0.714. The standard InChI is InChI=1S/C14H19F3N2O2/c1-9(20)21-13(2,3)8-19-11-7-5-4-6-10(11)12(18-19)14(15,16)17/h4-8H2,1-3H3. The summed E-state index contributed by atoms with van der Waals surface area (Å²) in [7, 11) is 0. The SMILES string of the molecule is CC(=O)OC(C)(C)Cn1nc(C(F)(F)F)c2c1CCCC2. The van der Waals surface area contributed by atoms with Crippen LogP contribution in [0.2, 0.25) is 0 Å². The van der Waals surface area contributed by atoms with Gasteiger partial charge in [-0.1, -0.05) is 0 Å². The average molecular weight is 304 g/mol. The molecule has 0 N–H and O–H groups in total. The van der Waals surface area contributed by atoms with Crippen LogP contribution in [0.15, 0.2) is 0 Å². The lowest BCUT2D eigenvalue weighted by Gasteiger charge is -2.26. The van der Waals surface area contributed by atoms with Gasteiger partial charge < -0.3 is 4.74 Å². The van der Waals surface area contributed by atoms with Crippen molar-refractivity contribution in [3.05, 3.63) is 17.0 Å². The zero-order chi connectivity index (χ0) is 15.8. The Kier molecular flexibility index (Phi) is 4.04. The van der Waals surface area contributed by atoms with Crippen LogP contribution in [-0.2, 0) is 35.1 Å². The number of rotatable bonds is 3. The topological polar surface area (TPSA) is 44.1 Å². The molecule has 4 nitrogen and oxygen atoms in total. The molecule has 1 aromatic rings. The summed E-state index contributed by atoms with van der Waals surface area (Å²) >= 11 is 0. The van der Waals surface area contributed by atoms with Gasteiger partial charge in [-0.2, -0.15) is 18.3 Å². The Morgan fingerprint density at radius 3 is 2.48 bits per heavy atom. The van der Waals surface area contributed by atoms with Gasteiger partial charge in [0.2, 0.25) is 0 Å². The van der Waals surface area contributed by atoms with Crippen molar-refractivity contribution in [2.45, 2.75) is 64.8 Å². The monoisotopic (exact) mass is 304 g/mol. The van der Waals surface area contributed by atoms with E-state index in [-0.39, 0.29) is 6.54 Å². The molecule has 0 spiro atoms. The molecule has 1 aliphatic rings. The van der Waals surface area contributed by atoms with Gasteiger partial charge in [-0.25, -0.2) is 0 Å². The minimum absolute atomic E-state index is 0.116. The van der Waals surface area contributed by atoms with Crippen LogP contribution in [0, 0.1) is 0 Å². The van der Waals surface area contributed by atoms with Crippen LogP contribution in [0.5, 0.6) is 0 Å². The zero-order valence-corrected chi connectivity index (χ0v) is 12.4. The molecule has 0 saturated heterocycles. The van der Waals surface area contributed by atoms with Crippen molar-refractivity contribution in [2.75, 3.05) is 0 Å². The third-order valence-corrected chi connectivity index (χ3v) is 3.48. The molecule has 0 aromatic carbocycles. The number of aromatic nitrogens is 2. The summed E-state index contributed by atoms with van der Waals surface area (Å²) in [6, 6.07) is 0. The molecule has 1 aliphatic carbocycles. The number of hydrogen-bond donors (Lipinski definition) is 0. The second-order valence-electron chi connectivity index (χ2n) is 5.99. The van der Waals surface area contributed by atoms with Gasteiger partial charge in [-0.15, -0.1) is 0 Å². The molecule has 0 saturated carbocycles. The molecule has 0 amide bonds. The van der Waals surface area contributed by atoms with Crippen LogP contribution >= 0.6 is 0 Å². The maximum atomic E-state index is 13.1. The molecule has 7 heteroatoms. The predicted octanol–water partition coefficient (Wildman–Crippen LogP) is 3.12. The second-order valence-corrected chi connectivity index (χ2v) is 5.99. The number of ether oxygens (including phenoxy) is 1. The molecule has 2 rings (SSSR count). The normalized spacial score (nSPS) is 15.7. The number of alkyl halides is 3. The minimum atomic E-state index is -4.45. The first-order valence-electron chi connectivity index (χ1n) is 6.95. The van der Waals surface area contributed by atoms with E-state index in [1.807, 2.05) is 0 Å². The second kappa shape index (κ2) is 5.35. The molecule has 0 radical (unpaired) electrons. The van der Waals surface area contributed by atoms with E-state index in [2.05, 4.69) is 5.10 Å². The molecular formula is C14H19F3N2O2. The number of hydrogen-bond acceptors (Lipinski definition) is 3. The number of carbonyl (C=O) groups is 1. The van der Waals surface area contributed by atoms with E-state index in [0.29, 0.717) is 24.1 Å². The number of halogens is 3. The highest BCUT2D eigenvalue weighted by atomic mass is 19.4. The summed E-state index contributed by atoms with van der Waals surface area (Å²) in [6.45, 7) is 4.73. The zero-order valence-electron chi connectivity index (χ0n) is 12.4. The summed E-state index contributed by atoms with van der Waals surface area (Å²) in [5.41, 5.74) is -0.775. The van der Waals surface area contributed by atoms with Crippen molar-refractivity contribution in [3.63, 3.8) is 0 Å². The fourth-order valence-corrected chi connectivity index (χ4v) is 2.81. The summed E-state index contributed by atoms with van der Waals surface area (Å²) < 4.78 is 45.7. The maximum absolute atomic E-state index is 13.1. The predicted molar refractivity (Wildman–Crippen MR) is 69.7 cm³/mol. The highest BCUT2D eigenvalue weighted by Gasteiger charge is 2.40. The molecular weight excluding hydrogens is 285 g/mol. The van der Waals surface area contributed by atoms with Gasteiger partial charge in [0.15, 0.2) is 5.69 Å². The average Bonchev–Trinajstić information content (AvgIpc) is 2.66. The van der Waals surface area contributed by atoms with E-state index in [1.165, 1.54) is 11.6 Å². The Morgan fingerprint density at radius 1 is 1.29 bits per heavy atom. The third kappa shape index (κ3) is 3.57. The third-order valence-electron chi connectivity index (χ3n) is 3.48. The number of carbonyl (C=O) groups excluding carboxylic acids is 1. The molecule has 21 heavy (non-hydrogen) atoms. The first-order chi connectivity index (χ1) is 9.60. The van der Waals surface area contributed by atoms with Crippen LogP contribution in [0.25, 0.3) is 0 Å². The van der Waals surface area contributed by atoms with Crippen LogP contribution < -0.4 is 0 Å². The van der Waals surface area contributed by atoms with Crippen molar-refractivity contribution in [2.24, 2.45) is 0 Å². The largest absolute Gasteiger partial charge is 0.458 e. The quantitative estimate of drug-likeness (QED) is 0.806. The summed E-state index contributed by atoms with van der Waals surface area (Å²) in [5, 5.41) is 3.76. The summed E-state index contributed by atoms with van der Waals surface area (Å²) in [5.74, 6) is -0.461. The van der Waals surface area contributed by atoms with Crippen molar-refractivity contribution < 1.29 is 22.7 Å². The molecule has 0 aliphatic heterocycles. The maximum Gasteiger partial charge on any atom is 0.435 e. The lowest BCUT2D eigenvalue weighted by Crippen LogP contribution is -2.33. The van der Waals surface area contributed by atoms with Gasteiger partial charge in [0, 0.05) is 18.2 Å². The molecule has 1 aromatic heterocycles. The Hall–Kier alpha value is -1.53. The van der Waals surface area contributed by atoms with E-state index in [0.717, 1.165) is 12.8 Å². The van der Waals surface area contributed by atoms with Crippen LogP contribution in [-0.4, -0.2) is 21.4 Å². The lowest BCUT2D eigenvalue weighted by molar-refractivity contribution is -0.155. The summed E-state index contributed by atoms with van der Waals surface area (Å²) in [4.78, 5) is 11.1. The smallest absolute Gasteiger partial charge is 0.435 e. The molecule has 0 fully saturated rings. The van der Waals surface area contributed by atoms with Crippen molar-refractivity contribution >= 4 is 5.97 Å². The Morgan fingerprint density at radius 2 is 1.90 bits per heavy atom. The first-order valence-corrected chi connectivity index (χ1v) is 6.95. The van der Waals surface area contributed by atoms with E-state index in [1.54, 1.807) is 13.8 Å². The highest BCUT2D eigenvalue weighted by Crippen LogP contribution is 2.36. The Bertz CT molecular complexity index is 547. The van der Waals surface area contributed by atoms with Gasteiger partial charge in [0.25, 0.3) is 0 Å². The van der Waals surface area contributed by atoms with Crippen LogP contribution in [0.3, 0.4) is 0 Å². The number of esters is 1. The van der Waals surface area contributed by atoms with Gasteiger partial charge in [-0.3, -0.25) is 9.48 Å². The molecule has 0 bridgehead atoms. The van der Waals surface area contributed by atoms with E-state index < -0.39 is 23.4 Å². The Balaban J connectivity index is 2.36. The van der Waals surface area contributed by atoms with Crippen molar-refractivity contribution in [1.82, 2.24) is 9.78 Å². The van der Waals surface area contributed by atoms with E-state index >= 15 is 0 Å².